The molecular formula is C9H26NO6P2+3. The highest BCUT2D eigenvalue weighted by molar-refractivity contribution is 7.77. The molecule has 8 N–H and O–H groups in total. The molecule has 0 bridgehead atoms. The molecule has 0 atom stereocenters. The van der Waals surface area contributed by atoms with Gasteiger partial charge in [-0.3, -0.25) is 0 Å². The van der Waals surface area contributed by atoms with Crippen LogP contribution in [0.1, 0.15) is 39.0 Å². The fourth-order valence-electron chi connectivity index (χ4n) is 1.65. The quantitative estimate of drug-likeness (QED) is 0.211. The van der Waals surface area contributed by atoms with Crippen molar-refractivity contribution in [2.24, 2.45) is 0 Å². The van der Waals surface area contributed by atoms with Gasteiger partial charge in [-0.1, -0.05) is 26.2 Å². The van der Waals surface area contributed by atoms with E-state index in [1.165, 1.54) is 6.42 Å². The van der Waals surface area contributed by atoms with E-state index >= 15 is 0 Å². The third-order valence-corrected chi connectivity index (χ3v) is 6.57. The van der Waals surface area contributed by atoms with Gasteiger partial charge in [-0.2, -0.15) is 29.4 Å². The highest BCUT2D eigenvalue weighted by Gasteiger charge is 2.65. The monoisotopic (exact) mass is 306 g/mol. The van der Waals surface area contributed by atoms with Crippen LogP contribution in [0, 0.1) is 0 Å². The summed E-state index contributed by atoms with van der Waals surface area (Å²) >= 11 is 0. The third-order valence-electron chi connectivity index (χ3n) is 2.69. The first-order valence-corrected chi connectivity index (χ1v) is 9.58. The smallest absolute Gasteiger partial charge is 0.339 e. The maximum Gasteiger partial charge on any atom is 0.461 e. The van der Waals surface area contributed by atoms with Crippen molar-refractivity contribution in [1.82, 2.24) is 0 Å². The molecule has 0 aliphatic carbocycles. The summed E-state index contributed by atoms with van der Waals surface area (Å²) in [5, 5.41) is -0.0218. The molecule has 0 aromatic carbocycles. The molecule has 110 valence electrons. The van der Waals surface area contributed by atoms with E-state index in [-0.39, 0.29) is 6.54 Å². The molecule has 0 saturated heterocycles. The molecule has 0 saturated carbocycles. The highest BCUT2D eigenvalue weighted by atomic mass is 31.3. The van der Waals surface area contributed by atoms with Crippen LogP contribution in [0.25, 0.3) is 0 Å². The lowest BCUT2D eigenvalue weighted by Gasteiger charge is -2.15. The summed E-state index contributed by atoms with van der Waals surface area (Å²) in [7, 11) is -8.89. The van der Waals surface area contributed by atoms with Crippen molar-refractivity contribution in [2.75, 3.05) is 13.1 Å². The number of quaternary nitrogens is 1. The Morgan fingerprint density at radius 1 is 0.833 bits per heavy atom. The molecule has 0 aromatic rings. The van der Waals surface area contributed by atoms with E-state index in [1.807, 2.05) is 0 Å². The van der Waals surface area contributed by atoms with E-state index in [0.717, 1.165) is 25.7 Å². The minimum absolute atomic E-state index is 0.123. The van der Waals surface area contributed by atoms with Crippen molar-refractivity contribution in [3.63, 3.8) is 0 Å². The summed E-state index contributed by atoms with van der Waals surface area (Å²) in [5.74, 6) is 0. The molecule has 18 heavy (non-hydrogen) atoms. The van der Waals surface area contributed by atoms with Crippen LogP contribution in [0.2, 0.25) is 0 Å². The van der Waals surface area contributed by atoms with Gasteiger partial charge in [0.25, 0.3) is 0 Å². The Morgan fingerprint density at radius 2 is 1.33 bits per heavy atom. The van der Waals surface area contributed by atoms with Crippen LogP contribution in [0.3, 0.4) is 0 Å². The van der Waals surface area contributed by atoms with Gasteiger partial charge >= 0.3 is 21.3 Å². The molecule has 7 nitrogen and oxygen atoms in total. The molecule has 0 fully saturated rings. The highest BCUT2D eigenvalue weighted by Crippen LogP contribution is 2.68. The molecule has 0 spiro atoms. The first kappa shape index (κ1) is 18.6. The average molecular weight is 306 g/mol. The Balaban J connectivity index is 3.86. The zero-order valence-electron chi connectivity index (χ0n) is 10.7. The predicted octanol–water partition coefficient (Wildman–Crippen LogP) is -0.675. The Morgan fingerprint density at radius 3 is 1.78 bits per heavy atom. The van der Waals surface area contributed by atoms with E-state index in [2.05, 4.69) is 6.92 Å². The van der Waals surface area contributed by atoms with E-state index in [1.54, 1.807) is 5.32 Å². The first-order valence-electron chi connectivity index (χ1n) is 6.15. The van der Waals surface area contributed by atoms with Gasteiger partial charge in [-0.05, 0) is 12.8 Å². The Hall–Kier alpha value is 0.580. The van der Waals surface area contributed by atoms with Gasteiger partial charge in [-0.15, -0.1) is 0 Å². The minimum atomic E-state index is -4.45. The van der Waals surface area contributed by atoms with E-state index < -0.39 is 21.3 Å². The normalized spacial score (nSPS) is 13.3. The molecular weight excluding hydrogens is 280 g/mol. The fourth-order valence-corrected chi connectivity index (χ4v) is 4.18. The summed E-state index contributed by atoms with van der Waals surface area (Å²) in [6.45, 7) is 2.68. The van der Waals surface area contributed by atoms with E-state index in [4.69, 9.17) is 29.4 Å². The second-order valence-corrected chi connectivity index (χ2v) is 8.55. The SMILES string of the molecule is CCCCCCC[NH2+]CC([P+](O)(O)O)[P+](O)(O)O. The van der Waals surface area contributed by atoms with E-state index in [0.29, 0.717) is 6.54 Å². The summed E-state index contributed by atoms with van der Waals surface area (Å²) in [4.78, 5) is 54.2. The van der Waals surface area contributed by atoms with Crippen molar-refractivity contribution >= 4 is 15.9 Å². The molecule has 0 aromatic heterocycles. The molecule has 0 aliphatic heterocycles. The molecule has 0 heterocycles. The second kappa shape index (κ2) is 8.69. The lowest BCUT2D eigenvalue weighted by atomic mass is 10.1. The summed E-state index contributed by atoms with van der Waals surface area (Å²) in [6.07, 6.45) is 5.46. The number of hydrogen-bond donors (Lipinski definition) is 7. The average Bonchev–Trinajstić information content (AvgIpc) is 2.18. The predicted molar refractivity (Wildman–Crippen MR) is 71.4 cm³/mol. The zero-order chi connectivity index (χ0) is 14.2. The number of rotatable bonds is 10. The molecule has 0 amide bonds. The summed E-state index contributed by atoms with van der Waals surface area (Å²) < 4.78 is 0. The standard InChI is InChI=1S/C9H25NO6P2/c1-2-3-4-5-6-7-10-8-9(17(11,12)13)18(14,15)16/h9-16H,2-8H2,1H3/q+2/p+1. The Labute approximate surface area is 109 Å². The first-order chi connectivity index (χ1) is 8.19. The van der Waals surface area contributed by atoms with E-state index in [9.17, 15) is 0 Å². The van der Waals surface area contributed by atoms with Gasteiger partial charge in [0.15, 0.2) is 6.54 Å². The third kappa shape index (κ3) is 8.64. The maximum atomic E-state index is 9.04. The molecule has 9 heteroatoms. The van der Waals surface area contributed by atoms with Crippen LogP contribution < -0.4 is 5.32 Å². The largest absolute Gasteiger partial charge is 0.461 e. The van der Waals surface area contributed by atoms with Crippen molar-refractivity contribution in [1.29, 1.82) is 0 Å². The van der Waals surface area contributed by atoms with Crippen LogP contribution in [0.15, 0.2) is 0 Å². The van der Waals surface area contributed by atoms with Crippen LogP contribution in [-0.2, 0) is 0 Å². The number of nitrogens with two attached hydrogens (primary N) is 1. The van der Waals surface area contributed by atoms with Gasteiger partial charge in [0.2, 0.25) is 0 Å². The number of unbranched alkanes of at least 4 members (excludes halogenated alkanes) is 4. The molecule has 0 aliphatic rings. The van der Waals surface area contributed by atoms with Crippen LogP contribution in [0.5, 0.6) is 0 Å². The zero-order valence-corrected chi connectivity index (χ0v) is 12.5. The molecule has 0 rings (SSSR count). The summed E-state index contributed by atoms with van der Waals surface area (Å²) in [5.41, 5.74) is 0. The van der Waals surface area contributed by atoms with Crippen molar-refractivity contribution in [2.45, 2.75) is 44.4 Å². The van der Waals surface area contributed by atoms with Gasteiger partial charge in [-0.25, -0.2) is 0 Å². The molecule has 0 radical (unpaired) electrons. The summed E-state index contributed by atoms with van der Waals surface area (Å²) in [6, 6.07) is 0. The van der Waals surface area contributed by atoms with Gasteiger partial charge < -0.3 is 5.32 Å². The van der Waals surface area contributed by atoms with Crippen LogP contribution in [0.4, 0.5) is 0 Å². The van der Waals surface area contributed by atoms with Crippen molar-refractivity contribution in [3.05, 3.63) is 0 Å². The van der Waals surface area contributed by atoms with Crippen molar-refractivity contribution in [3.8, 4) is 0 Å². The van der Waals surface area contributed by atoms with Gasteiger partial charge in [0.05, 0.1) is 6.54 Å². The van der Waals surface area contributed by atoms with Crippen LogP contribution in [-0.4, -0.2) is 47.9 Å². The Kier molecular flexibility index (Phi) is 8.97. The van der Waals surface area contributed by atoms with Crippen LogP contribution >= 0.6 is 15.9 Å². The lowest BCUT2D eigenvalue weighted by Crippen LogP contribution is -2.86. The lowest BCUT2D eigenvalue weighted by molar-refractivity contribution is -0.653. The second-order valence-electron chi connectivity index (χ2n) is 4.44. The Bertz CT molecular complexity index is 204. The molecule has 0 unspecified atom stereocenters. The van der Waals surface area contributed by atoms with Gasteiger partial charge in [0.1, 0.15) is 0 Å². The maximum absolute atomic E-state index is 9.04. The number of hydrogen-bond acceptors (Lipinski definition) is 6. The van der Waals surface area contributed by atoms with Crippen molar-refractivity contribution < 1.29 is 34.7 Å². The topological polar surface area (TPSA) is 138 Å². The fraction of sp³-hybridized carbons (Fsp3) is 1.00. The minimum Gasteiger partial charge on any atom is -0.339 e. The van der Waals surface area contributed by atoms with Gasteiger partial charge in [0, 0.05) is 0 Å².